The van der Waals surface area contributed by atoms with E-state index in [-0.39, 0.29) is 0 Å². The van der Waals surface area contributed by atoms with Gasteiger partial charge in [-0.15, -0.1) is 0 Å². The van der Waals surface area contributed by atoms with Crippen LogP contribution in [0.5, 0.6) is 0 Å². The summed E-state index contributed by atoms with van der Waals surface area (Å²) in [6.07, 6.45) is 0.524. The van der Waals surface area contributed by atoms with Crippen LogP contribution in [0.3, 0.4) is 0 Å². The minimum Gasteiger partial charge on any atom is -0.481 e. The third-order valence-corrected chi connectivity index (χ3v) is 3.39. The summed E-state index contributed by atoms with van der Waals surface area (Å²) in [5.74, 6) is -0.771. The highest BCUT2D eigenvalue weighted by atomic mass is 79.9. The van der Waals surface area contributed by atoms with E-state index in [0.29, 0.717) is 6.42 Å². The highest BCUT2D eigenvalue weighted by Gasteiger charge is 2.27. The van der Waals surface area contributed by atoms with Crippen LogP contribution < -0.4 is 4.90 Å². The molecule has 1 aromatic carbocycles. The molecular formula is C13H18BrNO2. The molecule has 0 saturated carbocycles. The molecule has 4 heteroatoms. The van der Waals surface area contributed by atoms with Crippen molar-refractivity contribution in [2.45, 2.75) is 20.3 Å². The normalized spacial score (nSPS) is 11.4. The van der Waals surface area contributed by atoms with Crippen LogP contribution >= 0.6 is 15.9 Å². The predicted octanol–water partition coefficient (Wildman–Crippen LogP) is 3.17. The Hall–Kier alpha value is -1.03. The van der Waals surface area contributed by atoms with Crippen molar-refractivity contribution >= 4 is 27.6 Å². The maximum Gasteiger partial charge on any atom is 0.309 e. The van der Waals surface area contributed by atoms with E-state index in [1.54, 1.807) is 13.8 Å². The number of anilines is 1. The Morgan fingerprint density at radius 2 is 2.00 bits per heavy atom. The topological polar surface area (TPSA) is 40.5 Å². The van der Waals surface area contributed by atoms with Crippen LogP contribution in [0.25, 0.3) is 0 Å². The first-order valence-corrected chi connectivity index (χ1v) is 6.22. The lowest BCUT2D eigenvalue weighted by Crippen LogP contribution is -2.26. The SMILES string of the molecule is CN(C)c1cc(CC(C)(C)C(=O)O)ccc1Br. The number of aliphatic carboxylic acids is 1. The molecule has 0 spiro atoms. The van der Waals surface area contributed by atoms with Gasteiger partial charge in [-0.05, 0) is 53.9 Å². The molecule has 3 nitrogen and oxygen atoms in total. The number of carboxylic acids is 1. The molecule has 0 radical (unpaired) electrons. The maximum absolute atomic E-state index is 11.1. The summed E-state index contributed by atoms with van der Waals surface area (Å²) >= 11 is 3.48. The number of carbonyl (C=O) groups is 1. The van der Waals surface area contributed by atoms with Gasteiger partial charge < -0.3 is 10.0 Å². The quantitative estimate of drug-likeness (QED) is 0.928. The molecule has 0 aromatic heterocycles. The summed E-state index contributed by atoms with van der Waals surface area (Å²) in [7, 11) is 3.93. The molecule has 0 saturated heterocycles. The van der Waals surface area contributed by atoms with Crippen LogP contribution in [0.4, 0.5) is 5.69 Å². The Bertz CT molecular complexity index is 427. The monoisotopic (exact) mass is 299 g/mol. The first-order chi connectivity index (χ1) is 7.74. The van der Waals surface area contributed by atoms with Crippen molar-refractivity contribution in [2.24, 2.45) is 5.41 Å². The molecule has 1 aromatic rings. The van der Waals surface area contributed by atoms with Crippen LogP contribution in [0.1, 0.15) is 19.4 Å². The number of halogens is 1. The fourth-order valence-corrected chi connectivity index (χ4v) is 2.20. The highest BCUT2D eigenvalue weighted by Crippen LogP contribution is 2.29. The van der Waals surface area contributed by atoms with E-state index < -0.39 is 11.4 Å². The van der Waals surface area contributed by atoms with E-state index in [1.807, 2.05) is 37.2 Å². The average Bonchev–Trinajstić information content (AvgIpc) is 2.20. The third kappa shape index (κ3) is 3.46. The van der Waals surface area contributed by atoms with Crippen LogP contribution in [0.2, 0.25) is 0 Å². The average molecular weight is 300 g/mol. The standard InChI is InChI=1S/C13H18BrNO2/c1-13(2,12(16)17)8-9-5-6-10(14)11(7-9)15(3)4/h5-7H,8H2,1-4H3,(H,16,17). The van der Waals surface area contributed by atoms with Gasteiger partial charge in [0.15, 0.2) is 0 Å². The van der Waals surface area contributed by atoms with Gasteiger partial charge in [0.05, 0.1) is 11.1 Å². The van der Waals surface area contributed by atoms with Gasteiger partial charge in [-0.3, -0.25) is 4.79 Å². The molecule has 0 aliphatic heterocycles. The molecule has 17 heavy (non-hydrogen) atoms. The van der Waals surface area contributed by atoms with Crippen molar-refractivity contribution in [3.8, 4) is 0 Å². The Labute approximate surface area is 111 Å². The van der Waals surface area contributed by atoms with Gasteiger partial charge >= 0.3 is 5.97 Å². The van der Waals surface area contributed by atoms with Gasteiger partial charge in [0, 0.05) is 18.6 Å². The van der Waals surface area contributed by atoms with Crippen molar-refractivity contribution in [1.29, 1.82) is 0 Å². The Morgan fingerprint density at radius 3 is 2.47 bits per heavy atom. The second-order valence-electron chi connectivity index (χ2n) is 5.05. The van der Waals surface area contributed by atoms with Gasteiger partial charge in [0.25, 0.3) is 0 Å². The summed E-state index contributed by atoms with van der Waals surface area (Å²) in [6, 6.07) is 5.94. The summed E-state index contributed by atoms with van der Waals surface area (Å²) in [4.78, 5) is 13.1. The largest absolute Gasteiger partial charge is 0.481 e. The second-order valence-corrected chi connectivity index (χ2v) is 5.90. The smallest absolute Gasteiger partial charge is 0.309 e. The molecule has 0 bridgehead atoms. The lowest BCUT2D eigenvalue weighted by atomic mass is 9.86. The van der Waals surface area contributed by atoms with Crippen molar-refractivity contribution in [3.63, 3.8) is 0 Å². The van der Waals surface area contributed by atoms with Crippen LogP contribution in [0.15, 0.2) is 22.7 Å². The molecule has 0 atom stereocenters. The van der Waals surface area contributed by atoms with Crippen molar-refractivity contribution in [3.05, 3.63) is 28.2 Å². The van der Waals surface area contributed by atoms with Crippen molar-refractivity contribution < 1.29 is 9.90 Å². The van der Waals surface area contributed by atoms with E-state index in [4.69, 9.17) is 5.11 Å². The molecule has 0 heterocycles. The first kappa shape index (κ1) is 14.0. The van der Waals surface area contributed by atoms with Crippen LogP contribution in [-0.2, 0) is 11.2 Å². The van der Waals surface area contributed by atoms with Crippen molar-refractivity contribution in [2.75, 3.05) is 19.0 Å². The van der Waals surface area contributed by atoms with Gasteiger partial charge in [-0.25, -0.2) is 0 Å². The molecule has 0 fully saturated rings. The summed E-state index contributed by atoms with van der Waals surface area (Å²) < 4.78 is 1.01. The molecule has 1 rings (SSSR count). The Balaban J connectivity index is 3.01. The number of hydrogen-bond donors (Lipinski definition) is 1. The van der Waals surface area contributed by atoms with Crippen LogP contribution in [0, 0.1) is 5.41 Å². The zero-order valence-corrected chi connectivity index (χ0v) is 12.2. The van der Waals surface area contributed by atoms with Gasteiger partial charge in [-0.1, -0.05) is 6.07 Å². The molecule has 0 aliphatic rings. The summed E-state index contributed by atoms with van der Waals surface area (Å²) in [6.45, 7) is 3.49. The van der Waals surface area contributed by atoms with E-state index >= 15 is 0 Å². The number of nitrogens with zero attached hydrogens (tertiary/aromatic N) is 1. The summed E-state index contributed by atoms with van der Waals surface area (Å²) in [5.41, 5.74) is 1.35. The zero-order valence-electron chi connectivity index (χ0n) is 10.6. The van der Waals surface area contributed by atoms with Gasteiger partial charge in [0.2, 0.25) is 0 Å². The molecule has 94 valence electrons. The van der Waals surface area contributed by atoms with E-state index in [9.17, 15) is 4.79 Å². The maximum atomic E-state index is 11.1. The number of benzene rings is 1. The predicted molar refractivity (Wildman–Crippen MR) is 73.6 cm³/mol. The fourth-order valence-electron chi connectivity index (χ4n) is 1.60. The van der Waals surface area contributed by atoms with Crippen LogP contribution in [-0.4, -0.2) is 25.2 Å². The lowest BCUT2D eigenvalue weighted by molar-refractivity contribution is -0.146. The third-order valence-electron chi connectivity index (χ3n) is 2.72. The van der Waals surface area contributed by atoms with Crippen molar-refractivity contribution in [1.82, 2.24) is 0 Å². The number of hydrogen-bond acceptors (Lipinski definition) is 2. The molecule has 0 amide bonds. The lowest BCUT2D eigenvalue weighted by Gasteiger charge is -2.21. The molecule has 0 unspecified atom stereocenters. The minimum absolute atomic E-state index is 0.524. The number of rotatable bonds is 4. The second kappa shape index (κ2) is 5.08. The molecular weight excluding hydrogens is 282 g/mol. The number of carboxylic acid groups (broad SMARTS) is 1. The molecule has 0 aliphatic carbocycles. The summed E-state index contributed by atoms with van der Waals surface area (Å²) in [5, 5.41) is 9.12. The molecule has 1 N–H and O–H groups in total. The Kier molecular flexibility index (Phi) is 4.20. The van der Waals surface area contributed by atoms with E-state index in [2.05, 4.69) is 15.9 Å². The van der Waals surface area contributed by atoms with E-state index in [1.165, 1.54) is 0 Å². The minimum atomic E-state index is -0.771. The van der Waals surface area contributed by atoms with Gasteiger partial charge in [-0.2, -0.15) is 0 Å². The highest BCUT2D eigenvalue weighted by molar-refractivity contribution is 9.10. The first-order valence-electron chi connectivity index (χ1n) is 5.43. The Morgan fingerprint density at radius 1 is 1.41 bits per heavy atom. The fraction of sp³-hybridized carbons (Fsp3) is 0.462. The zero-order chi connectivity index (χ0) is 13.2. The van der Waals surface area contributed by atoms with Gasteiger partial charge in [0.1, 0.15) is 0 Å². The van der Waals surface area contributed by atoms with E-state index in [0.717, 1.165) is 15.7 Å².